The summed E-state index contributed by atoms with van der Waals surface area (Å²) in [6, 6.07) is 15.5. The molecule has 1 aliphatic heterocycles. The number of hydrogen-bond donors (Lipinski definition) is 0. The Balaban J connectivity index is 1.69. The Morgan fingerprint density at radius 1 is 0.944 bits per heavy atom. The maximum atomic E-state index is 14.0. The van der Waals surface area contributed by atoms with Crippen molar-refractivity contribution in [3.05, 3.63) is 99.2 Å². The molecule has 1 atom stereocenters. The number of carbonyl (C=O) groups is 1. The van der Waals surface area contributed by atoms with Gasteiger partial charge in [-0.1, -0.05) is 18.2 Å². The van der Waals surface area contributed by atoms with Gasteiger partial charge in [0.05, 0.1) is 37.8 Å². The van der Waals surface area contributed by atoms with Crippen molar-refractivity contribution >= 4 is 16.9 Å². The van der Waals surface area contributed by atoms with E-state index in [1.165, 1.54) is 19.2 Å². The largest absolute Gasteiger partial charge is 0.497 e. The minimum Gasteiger partial charge on any atom is -0.497 e. The SMILES string of the molecule is CCOc1ccc(C2c3c(oc4ccc(F)cc4c3=O)C(=O)N2Cc2ccc(OC)cc2)cc1OC. The fraction of sp³-hybridized carbons (Fsp3) is 0.214. The molecular weight excluding hydrogens is 465 g/mol. The van der Waals surface area contributed by atoms with Gasteiger partial charge in [-0.3, -0.25) is 9.59 Å². The molecule has 1 aliphatic rings. The number of amides is 1. The van der Waals surface area contributed by atoms with Crippen LogP contribution in [0.5, 0.6) is 17.2 Å². The Hall–Kier alpha value is -4.33. The van der Waals surface area contributed by atoms with Crippen LogP contribution in [0.4, 0.5) is 4.39 Å². The first-order valence-corrected chi connectivity index (χ1v) is 11.5. The number of nitrogens with zero attached hydrogens (tertiary/aromatic N) is 1. The van der Waals surface area contributed by atoms with E-state index in [9.17, 15) is 14.0 Å². The second kappa shape index (κ2) is 9.37. The lowest BCUT2D eigenvalue weighted by atomic mass is 9.97. The third-order valence-corrected chi connectivity index (χ3v) is 6.24. The lowest BCUT2D eigenvalue weighted by Gasteiger charge is -2.26. The van der Waals surface area contributed by atoms with Crippen LogP contribution >= 0.6 is 0 Å². The van der Waals surface area contributed by atoms with Crippen molar-refractivity contribution in [2.75, 3.05) is 20.8 Å². The first-order chi connectivity index (χ1) is 17.4. The minimum absolute atomic E-state index is 0.0505. The highest BCUT2D eigenvalue weighted by Crippen LogP contribution is 2.41. The molecule has 0 aliphatic carbocycles. The van der Waals surface area contributed by atoms with Crippen LogP contribution in [0.25, 0.3) is 11.0 Å². The standard InChI is InChI=1S/C28H24FNO6/c1-4-35-22-11-7-17(13-23(22)34-3)25-24-26(31)20-14-18(29)8-12-21(20)36-27(24)28(32)30(25)15-16-5-9-19(33-2)10-6-16/h5-14,25H,4,15H2,1-3H3. The van der Waals surface area contributed by atoms with E-state index in [4.69, 9.17) is 18.6 Å². The second-order valence-electron chi connectivity index (χ2n) is 8.34. The van der Waals surface area contributed by atoms with Gasteiger partial charge in [0.1, 0.15) is 17.1 Å². The van der Waals surface area contributed by atoms with Gasteiger partial charge in [0, 0.05) is 6.54 Å². The third-order valence-electron chi connectivity index (χ3n) is 6.24. The predicted octanol–water partition coefficient (Wildman–Crippen LogP) is 5.09. The number of ether oxygens (including phenoxy) is 3. The van der Waals surface area contributed by atoms with Crippen LogP contribution in [-0.2, 0) is 6.54 Å². The Morgan fingerprint density at radius 3 is 2.42 bits per heavy atom. The van der Waals surface area contributed by atoms with Crippen LogP contribution in [0.2, 0.25) is 0 Å². The molecule has 0 radical (unpaired) electrons. The van der Waals surface area contributed by atoms with Gasteiger partial charge >= 0.3 is 0 Å². The zero-order chi connectivity index (χ0) is 25.4. The third kappa shape index (κ3) is 3.94. The maximum Gasteiger partial charge on any atom is 0.291 e. The normalized spacial score (nSPS) is 14.7. The summed E-state index contributed by atoms with van der Waals surface area (Å²) in [6.45, 7) is 2.52. The number of methoxy groups -OCH3 is 2. The first-order valence-electron chi connectivity index (χ1n) is 11.5. The Labute approximate surface area is 206 Å². The lowest BCUT2D eigenvalue weighted by molar-refractivity contribution is 0.0714. The number of fused-ring (bicyclic) bond motifs is 2. The van der Waals surface area contributed by atoms with Gasteiger partial charge in [0.15, 0.2) is 16.9 Å². The molecule has 36 heavy (non-hydrogen) atoms. The molecule has 1 aromatic heterocycles. The molecule has 3 aromatic carbocycles. The number of rotatable bonds is 7. The first kappa shape index (κ1) is 23.4. The smallest absolute Gasteiger partial charge is 0.291 e. The van der Waals surface area contributed by atoms with E-state index in [1.54, 1.807) is 42.3 Å². The average Bonchev–Trinajstić information content (AvgIpc) is 3.17. The van der Waals surface area contributed by atoms with E-state index in [0.29, 0.717) is 29.4 Å². The van der Waals surface area contributed by atoms with E-state index in [-0.39, 0.29) is 28.8 Å². The van der Waals surface area contributed by atoms with Gasteiger partial charge < -0.3 is 23.5 Å². The van der Waals surface area contributed by atoms with Crippen molar-refractivity contribution < 1.29 is 27.8 Å². The lowest BCUT2D eigenvalue weighted by Crippen LogP contribution is -2.29. The fourth-order valence-corrected chi connectivity index (χ4v) is 4.56. The summed E-state index contributed by atoms with van der Waals surface area (Å²) >= 11 is 0. The zero-order valence-electron chi connectivity index (χ0n) is 20.0. The molecule has 184 valence electrons. The Morgan fingerprint density at radius 2 is 1.72 bits per heavy atom. The zero-order valence-corrected chi connectivity index (χ0v) is 20.0. The number of carbonyl (C=O) groups excluding carboxylic acids is 1. The molecule has 1 unspecified atom stereocenters. The van der Waals surface area contributed by atoms with Crippen molar-refractivity contribution in [3.8, 4) is 17.2 Å². The van der Waals surface area contributed by atoms with Gasteiger partial charge in [-0.15, -0.1) is 0 Å². The summed E-state index contributed by atoms with van der Waals surface area (Å²) in [5, 5.41) is 0.0794. The molecule has 4 aromatic rings. The predicted molar refractivity (Wildman–Crippen MR) is 131 cm³/mol. The molecule has 0 fully saturated rings. The fourth-order valence-electron chi connectivity index (χ4n) is 4.56. The summed E-state index contributed by atoms with van der Waals surface area (Å²) in [7, 11) is 3.10. The molecule has 8 heteroatoms. The quantitative estimate of drug-likeness (QED) is 0.360. The average molecular weight is 489 g/mol. The van der Waals surface area contributed by atoms with Gasteiger partial charge in [-0.25, -0.2) is 4.39 Å². The van der Waals surface area contributed by atoms with Crippen LogP contribution < -0.4 is 19.6 Å². The summed E-state index contributed by atoms with van der Waals surface area (Å²) in [5.41, 5.74) is 1.34. The van der Waals surface area contributed by atoms with Crippen LogP contribution in [-0.4, -0.2) is 31.6 Å². The van der Waals surface area contributed by atoms with Crippen molar-refractivity contribution in [1.29, 1.82) is 0 Å². The monoisotopic (exact) mass is 489 g/mol. The van der Waals surface area contributed by atoms with E-state index >= 15 is 0 Å². The minimum atomic E-state index is -0.775. The molecule has 0 saturated carbocycles. The van der Waals surface area contributed by atoms with Crippen molar-refractivity contribution in [1.82, 2.24) is 4.90 Å². The summed E-state index contributed by atoms with van der Waals surface area (Å²) in [4.78, 5) is 28.8. The van der Waals surface area contributed by atoms with Crippen molar-refractivity contribution in [2.45, 2.75) is 19.5 Å². The van der Waals surface area contributed by atoms with E-state index in [1.807, 2.05) is 19.1 Å². The number of benzene rings is 3. The van der Waals surface area contributed by atoms with Gasteiger partial charge in [-0.05, 0) is 60.5 Å². The summed E-state index contributed by atoms with van der Waals surface area (Å²) in [6.07, 6.45) is 0. The highest BCUT2D eigenvalue weighted by atomic mass is 19.1. The molecule has 0 spiro atoms. The van der Waals surface area contributed by atoms with Gasteiger partial charge in [-0.2, -0.15) is 0 Å². The van der Waals surface area contributed by atoms with E-state index in [0.717, 1.165) is 11.6 Å². The topological polar surface area (TPSA) is 78.2 Å². The number of hydrogen-bond acceptors (Lipinski definition) is 6. The van der Waals surface area contributed by atoms with Crippen LogP contribution in [0.1, 0.15) is 40.2 Å². The van der Waals surface area contributed by atoms with Crippen molar-refractivity contribution in [3.63, 3.8) is 0 Å². The molecule has 7 nitrogen and oxygen atoms in total. The molecule has 5 rings (SSSR count). The van der Waals surface area contributed by atoms with Crippen LogP contribution in [0.15, 0.2) is 69.9 Å². The van der Waals surface area contributed by atoms with Gasteiger partial charge in [0.25, 0.3) is 5.91 Å². The molecule has 0 bridgehead atoms. The van der Waals surface area contributed by atoms with Gasteiger partial charge in [0.2, 0.25) is 5.76 Å². The van der Waals surface area contributed by atoms with Crippen LogP contribution in [0, 0.1) is 5.82 Å². The Kier molecular flexibility index (Phi) is 6.10. The highest BCUT2D eigenvalue weighted by molar-refractivity contribution is 5.99. The maximum absolute atomic E-state index is 14.0. The molecular formula is C28H24FNO6. The van der Waals surface area contributed by atoms with E-state index < -0.39 is 23.2 Å². The van der Waals surface area contributed by atoms with Crippen molar-refractivity contribution in [2.24, 2.45) is 0 Å². The Bertz CT molecular complexity index is 1510. The van der Waals surface area contributed by atoms with E-state index in [2.05, 4.69) is 0 Å². The molecule has 0 saturated heterocycles. The molecule has 0 N–H and O–H groups in total. The number of halogens is 1. The molecule has 2 heterocycles. The van der Waals surface area contributed by atoms with Crippen LogP contribution in [0.3, 0.4) is 0 Å². The summed E-state index contributed by atoms with van der Waals surface area (Å²) in [5.74, 6) is 0.659. The molecule has 1 amide bonds. The summed E-state index contributed by atoms with van der Waals surface area (Å²) < 4.78 is 36.3. The second-order valence-corrected chi connectivity index (χ2v) is 8.34. The highest BCUT2D eigenvalue weighted by Gasteiger charge is 2.43.